The number of nitrogens with one attached hydrogen (secondary N) is 2. The van der Waals surface area contributed by atoms with Crippen LogP contribution < -0.4 is 10.9 Å². The third-order valence-electron chi connectivity index (χ3n) is 2.71. The van der Waals surface area contributed by atoms with E-state index in [1.54, 1.807) is 6.92 Å². The molecule has 0 aliphatic carbocycles. The predicted molar refractivity (Wildman–Crippen MR) is 68.5 cm³/mol. The van der Waals surface area contributed by atoms with Gasteiger partial charge in [-0.1, -0.05) is 11.8 Å². The molecule has 1 aliphatic heterocycles. The van der Waals surface area contributed by atoms with Crippen molar-refractivity contribution in [2.24, 2.45) is 0 Å². The van der Waals surface area contributed by atoms with Crippen LogP contribution in [0.15, 0.2) is 4.79 Å². The average molecular weight is 253 g/mol. The van der Waals surface area contributed by atoms with E-state index in [4.69, 9.17) is 0 Å². The van der Waals surface area contributed by atoms with Crippen LogP contribution in [-0.2, 0) is 17.6 Å². The number of anilines is 1. The highest BCUT2D eigenvalue weighted by molar-refractivity contribution is 8.13. The van der Waals surface area contributed by atoms with Crippen molar-refractivity contribution in [3.8, 4) is 0 Å². The summed E-state index contributed by atoms with van der Waals surface area (Å²) in [4.78, 5) is 22.4. The van der Waals surface area contributed by atoms with Crippen LogP contribution in [0.1, 0.15) is 24.6 Å². The number of hydrogen-bond acceptors (Lipinski definition) is 5. The van der Waals surface area contributed by atoms with Crippen LogP contribution in [0.3, 0.4) is 0 Å². The molecule has 17 heavy (non-hydrogen) atoms. The Kier molecular flexibility index (Phi) is 3.83. The lowest BCUT2D eigenvalue weighted by Gasteiger charge is -2.19. The van der Waals surface area contributed by atoms with Crippen molar-refractivity contribution in [2.75, 3.05) is 17.6 Å². The van der Waals surface area contributed by atoms with Crippen molar-refractivity contribution in [1.29, 1.82) is 0 Å². The van der Waals surface area contributed by atoms with Gasteiger partial charge in [-0.15, -0.1) is 0 Å². The second kappa shape index (κ2) is 5.35. The molecule has 92 valence electrons. The molecule has 0 saturated heterocycles. The summed E-state index contributed by atoms with van der Waals surface area (Å²) in [6.45, 7) is 2.43. The van der Waals surface area contributed by atoms with E-state index in [2.05, 4.69) is 15.5 Å². The van der Waals surface area contributed by atoms with Gasteiger partial charge in [0.05, 0.1) is 11.4 Å². The smallest absolute Gasteiger partial charge is 0.269 e. The molecule has 0 amide bonds. The average Bonchev–Trinajstić information content (AvgIpc) is 2.32. The van der Waals surface area contributed by atoms with E-state index in [0.29, 0.717) is 12.2 Å². The molecule has 6 heteroatoms. The van der Waals surface area contributed by atoms with Crippen LogP contribution in [-0.4, -0.2) is 27.6 Å². The Labute approximate surface area is 103 Å². The minimum atomic E-state index is -0.102. The number of carbonyl (C=O) groups excluding carboxylic acids is 1. The van der Waals surface area contributed by atoms with Crippen molar-refractivity contribution in [2.45, 2.75) is 26.2 Å². The predicted octanol–water partition coefficient (Wildman–Crippen LogP) is 0.950. The number of aryl methyl sites for hydroxylation is 1. The Morgan fingerprint density at radius 3 is 3.12 bits per heavy atom. The Bertz CT molecular complexity index is 484. The first-order valence-electron chi connectivity index (χ1n) is 5.66. The highest BCUT2D eigenvalue weighted by Crippen LogP contribution is 2.22. The van der Waals surface area contributed by atoms with Gasteiger partial charge in [-0.05, 0) is 12.8 Å². The molecule has 0 bridgehead atoms. The lowest BCUT2D eigenvalue weighted by atomic mass is 10.0. The molecule has 0 spiro atoms. The summed E-state index contributed by atoms with van der Waals surface area (Å²) in [7, 11) is 0. The van der Waals surface area contributed by atoms with Crippen LogP contribution in [0, 0.1) is 0 Å². The fourth-order valence-electron chi connectivity index (χ4n) is 1.93. The molecular weight excluding hydrogens is 238 g/mol. The molecule has 0 atom stereocenters. The van der Waals surface area contributed by atoms with Gasteiger partial charge in [0.25, 0.3) is 5.56 Å². The molecule has 5 nitrogen and oxygen atoms in total. The van der Waals surface area contributed by atoms with E-state index in [0.717, 1.165) is 36.3 Å². The topological polar surface area (TPSA) is 74.8 Å². The molecule has 0 unspecified atom stereocenters. The first-order chi connectivity index (χ1) is 8.18. The highest BCUT2D eigenvalue weighted by atomic mass is 32.2. The van der Waals surface area contributed by atoms with Crippen LogP contribution >= 0.6 is 11.8 Å². The summed E-state index contributed by atoms with van der Waals surface area (Å²) in [6, 6.07) is 0. The lowest BCUT2D eigenvalue weighted by Crippen LogP contribution is -2.25. The fourth-order valence-corrected chi connectivity index (χ4v) is 2.51. The van der Waals surface area contributed by atoms with Crippen LogP contribution in [0.25, 0.3) is 0 Å². The maximum atomic E-state index is 11.6. The van der Waals surface area contributed by atoms with Crippen molar-refractivity contribution < 1.29 is 4.79 Å². The third-order valence-corrected chi connectivity index (χ3v) is 3.52. The highest BCUT2D eigenvalue weighted by Gasteiger charge is 2.17. The second-order valence-electron chi connectivity index (χ2n) is 3.97. The van der Waals surface area contributed by atoms with Gasteiger partial charge >= 0.3 is 0 Å². The van der Waals surface area contributed by atoms with Gasteiger partial charge < -0.3 is 5.32 Å². The SMILES string of the molecule is CC(=O)SCCc1n[nH]c(=O)c2c1NCCC2. The molecule has 1 aliphatic rings. The molecule has 2 N–H and O–H groups in total. The van der Waals surface area contributed by atoms with E-state index in [1.165, 1.54) is 11.8 Å². The van der Waals surface area contributed by atoms with E-state index in [9.17, 15) is 9.59 Å². The number of fused-ring (bicyclic) bond motifs is 1. The molecule has 2 heterocycles. The summed E-state index contributed by atoms with van der Waals surface area (Å²) in [6.07, 6.45) is 2.46. The molecule has 0 radical (unpaired) electrons. The van der Waals surface area contributed by atoms with Gasteiger partial charge in [-0.3, -0.25) is 9.59 Å². The quantitative estimate of drug-likeness (QED) is 0.839. The van der Waals surface area contributed by atoms with E-state index in [-0.39, 0.29) is 10.7 Å². The maximum Gasteiger partial charge on any atom is 0.269 e. The second-order valence-corrected chi connectivity index (χ2v) is 5.25. The number of nitrogens with zero attached hydrogens (tertiary/aromatic N) is 1. The third kappa shape index (κ3) is 2.88. The monoisotopic (exact) mass is 253 g/mol. The number of aromatic amines is 1. The molecule has 1 aromatic rings. The molecule has 2 rings (SSSR count). The minimum Gasteiger partial charge on any atom is -0.383 e. The fraction of sp³-hybridized carbons (Fsp3) is 0.545. The van der Waals surface area contributed by atoms with E-state index < -0.39 is 0 Å². The number of hydrogen-bond donors (Lipinski definition) is 2. The van der Waals surface area contributed by atoms with Crippen molar-refractivity contribution >= 4 is 22.6 Å². The van der Waals surface area contributed by atoms with E-state index >= 15 is 0 Å². The van der Waals surface area contributed by atoms with Crippen LogP contribution in [0.5, 0.6) is 0 Å². The summed E-state index contributed by atoms with van der Waals surface area (Å²) < 4.78 is 0. The Morgan fingerprint density at radius 1 is 1.53 bits per heavy atom. The number of rotatable bonds is 3. The summed E-state index contributed by atoms with van der Waals surface area (Å²) in [5, 5.41) is 9.93. The summed E-state index contributed by atoms with van der Waals surface area (Å²) in [5.41, 5.74) is 2.43. The van der Waals surface area contributed by atoms with Gasteiger partial charge in [0.15, 0.2) is 5.12 Å². The van der Waals surface area contributed by atoms with Crippen molar-refractivity contribution in [3.63, 3.8) is 0 Å². The standard InChI is InChI=1S/C11H15N3O2S/c1-7(15)17-6-4-9-10-8(3-2-5-12-10)11(16)14-13-9/h12H,2-6H2,1H3,(H,14,16). The molecule has 0 saturated carbocycles. The minimum absolute atomic E-state index is 0.102. The Balaban J connectivity index is 2.17. The maximum absolute atomic E-state index is 11.6. The molecule has 0 fully saturated rings. The number of aromatic nitrogens is 2. The zero-order chi connectivity index (χ0) is 12.3. The van der Waals surface area contributed by atoms with Gasteiger partial charge in [0.1, 0.15) is 0 Å². The largest absolute Gasteiger partial charge is 0.383 e. The number of carbonyl (C=O) groups is 1. The Morgan fingerprint density at radius 2 is 2.35 bits per heavy atom. The van der Waals surface area contributed by atoms with Gasteiger partial charge in [-0.25, -0.2) is 5.10 Å². The van der Waals surface area contributed by atoms with Gasteiger partial charge in [-0.2, -0.15) is 5.10 Å². The number of H-pyrrole nitrogens is 1. The molecule has 1 aromatic heterocycles. The summed E-state index contributed by atoms with van der Waals surface area (Å²) >= 11 is 1.28. The van der Waals surface area contributed by atoms with Crippen LogP contribution in [0.4, 0.5) is 5.69 Å². The van der Waals surface area contributed by atoms with Crippen LogP contribution in [0.2, 0.25) is 0 Å². The normalized spacial score (nSPS) is 13.9. The molecule has 0 aromatic carbocycles. The lowest BCUT2D eigenvalue weighted by molar-refractivity contribution is -0.109. The molecular formula is C11H15N3O2S. The zero-order valence-electron chi connectivity index (χ0n) is 9.71. The first-order valence-corrected chi connectivity index (χ1v) is 6.64. The Hall–Kier alpha value is -1.30. The van der Waals surface area contributed by atoms with Crippen molar-refractivity contribution in [3.05, 3.63) is 21.6 Å². The summed E-state index contributed by atoms with van der Waals surface area (Å²) in [5.74, 6) is 0.697. The number of thioether (sulfide) groups is 1. The van der Waals surface area contributed by atoms with E-state index in [1.807, 2.05) is 0 Å². The first kappa shape index (κ1) is 12.2. The van der Waals surface area contributed by atoms with Gasteiger partial charge in [0.2, 0.25) is 0 Å². The van der Waals surface area contributed by atoms with Gasteiger partial charge in [0, 0.05) is 31.2 Å². The zero-order valence-corrected chi connectivity index (χ0v) is 10.5. The van der Waals surface area contributed by atoms with Crippen molar-refractivity contribution in [1.82, 2.24) is 10.2 Å².